The normalized spacial score (nSPS) is 10.8. The van der Waals surface area contributed by atoms with E-state index < -0.39 is 0 Å². The number of benzene rings is 2. The Kier molecular flexibility index (Phi) is 3.22. The van der Waals surface area contributed by atoms with Gasteiger partial charge in [-0.15, -0.1) is 11.3 Å². The lowest BCUT2D eigenvalue weighted by atomic mass is 10.2. The quantitative estimate of drug-likeness (QED) is 0.657. The van der Waals surface area contributed by atoms with Crippen molar-refractivity contribution >= 4 is 21.4 Å². The fourth-order valence-corrected chi connectivity index (χ4v) is 2.89. The van der Waals surface area contributed by atoms with Gasteiger partial charge in [0.15, 0.2) is 0 Å². The van der Waals surface area contributed by atoms with Crippen molar-refractivity contribution in [1.29, 1.82) is 0 Å². The third-order valence-corrected chi connectivity index (χ3v) is 4.04. The van der Waals surface area contributed by atoms with Crippen LogP contribution in [0, 0.1) is 12.7 Å². The Bertz CT molecular complexity index is 700. The van der Waals surface area contributed by atoms with Gasteiger partial charge in [0.1, 0.15) is 18.2 Å². The molecule has 2 aromatic carbocycles. The first kappa shape index (κ1) is 12.2. The molecule has 0 atom stereocenters. The second-order valence-corrected chi connectivity index (χ2v) is 5.41. The van der Waals surface area contributed by atoms with Crippen molar-refractivity contribution in [2.75, 3.05) is 0 Å². The topological polar surface area (TPSA) is 9.23 Å². The molecule has 96 valence electrons. The van der Waals surface area contributed by atoms with Crippen LogP contribution in [0.15, 0.2) is 47.8 Å². The van der Waals surface area contributed by atoms with Crippen LogP contribution in [0.3, 0.4) is 0 Å². The molecular formula is C16H13FOS. The van der Waals surface area contributed by atoms with Gasteiger partial charge in [-0.2, -0.15) is 0 Å². The highest BCUT2D eigenvalue weighted by atomic mass is 32.1. The number of hydrogen-bond acceptors (Lipinski definition) is 2. The molecule has 0 bridgehead atoms. The Morgan fingerprint density at radius 3 is 2.68 bits per heavy atom. The molecule has 0 saturated heterocycles. The molecule has 0 amide bonds. The van der Waals surface area contributed by atoms with Crippen molar-refractivity contribution in [3.63, 3.8) is 0 Å². The number of hydrogen-bond donors (Lipinski definition) is 0. The van der Waals surface area contributed by atoms with Crippen molar-refractivity contribution in [1.82, 2.24) is 0 Å². The van der Waals surface area contributed by atoms with Gasteiger partial charge in [-0.25, -0.2) is 4.39 Å². The van der Waals surface area contributed by atoms with Gasteiger partial charge in [-0.05, 0) is 42.6 Å². The van der Waals surface area contributed by atoms with Crippen LogP contribution in [0.25, 0.3) is 10.1 Å². The number of halogens is 1. The second-order valence-electron chi connectivity index (χ2n) is 4.50. The van der Waals surface area contributed by atoms with Gasteiger partial charge in [-0.3, -0.25) is 0 Å². The Labute approximate surface area is 115 Å². The van der Waals surface area contributed by atoms with Crippen LogP contribution in [0.2, 0.25) is 0 Å². The van der Waals surface area contributed by atoms with E-state index in [0.717, 1.165) is 21.4 Å². The minimum atomic E-state index is -0.206. The average molecular weight is 272 g/mol. The zero-order valence-corrected chi connectivity index (χ0v) is 11.3. The zero-order chi connectivity index (χ0) is 13.2. The number of ether oxygens (including phenoxy) is 1. The van der Waals surface area contributed by atoms with Crippen LogP contribution in [-0.2, 0) is 6.61 Å². The summed E-state index contributed by atoms with van der Waals surface area (Å²) >= 11 is 1.61. The van der Waals surface area contributed by atoms with Crippen LogP contribution >= 0.6 is 11.3 Å². The molecule has 0 fully saturated rings. The summed E-state index contributed by atoms with van der Waals surface area (Å²) in [6.45, 7) is 2.51. The summed E-state index contributed by atoms with van der Waals surface area (Å²) in [5.74, 6) is 0.629. The van der Waals surface area contributed by atoms with Gasteiger partial charge in [0.2, 0.25) is 0 Å². The van der Waals surface area contributed by atoms with E-state index in [-0.39, 0.29) is 5.82 Å². The number of thiophene rings is 1. The first-order chi connectivity index (χ1) is 9.22. The fourth-order valence-electron chi connectivity index (χ4n) is 1.96. The minimum absolute atomic E-state index is 0.206. The molecule has 19 heavy (non-hydrogen) atoms. The average Bonchev–Trinajstić information content (AvgIpc) is 2.80. The van der Waals surface area contributed by atoms with E-state index in [9.17, 15) is 4.39 Å². The van der Waals surface area contributed by atoms with Crippen molar-refractivity contribution in [3.8, 4) is 5.75 Å². The molecule has 3 aromatic rings. The first-order valence-corrected chi connectivity index (χ1v) is 6.95. The van der Waals surface area contributed by atoms with Crippen LogP contribution in [0.1, 0.15) is 11.1 Å². The van der Waals surface area contributed by atoms with Crippen LogP contribution < -0.4 is 4.74 Å². The summed E-state index contributed by atoms with van der Waals surface area (Å²) in [6.07, 6.45) is 0. The summed E-state index contributed by atoms with van der Waals surface area (Å²) in [4.78, 5) is 0. The second kappa shape index (κ2) is 5.02. The highest BCUT2D eigenvalue weighted by Gasteiger charge is 2.06. The van der Waals surface area contributed by atoms with Crippen molar-refractivity contribution < 1.29 is 9.13 Å². The van der Waals surface area contributed by atoms with Gasteiger partial charge in [-0.1, -0.05) is 17.7 Å². The van der Waals surface area contributed by atoms with E-state index in [0.29, 0.717) is 6.61 Å². The lowest BCUT2D eigenvalue weighted by molar-refractivity contribution is 0.308. The van der Waals surface area contributed by atoms with Crippen molar-refractivity contribution in [2.24, 2.45) is 0 Å². The maximum Gasteiger partial charge on any atom is 0.123 e. The van der Waals surface area contributed by atoms with E-state index in [2.05, 4.69) is 0 Å². The number of aryl methyl sites for hydroxylation is 1. The van der Waals surface area contributed by atoms with Crippen LogP contribution in [-0.4, -0.2) is 0 Å². The summed E-state index contributed by atoms with van der Waals surface area (Å²) < 4.78 is 20.1. The maximum absolute atomic E-state index is 13.3. The molecule has 1 heterocycles. The van der Waals surface area contributed by atoms with E-state index in [1.54, 1.807) is 17.4 Å². The number of fused-ring (bicyclic) bond motifs is 1. The predicted octanol–water partition coefficient (Wildman–Crippen LogP) is 4.93. The summed E-state index contributed by atoms with van der Waals surface area (Å²) in [6, 6.07) is 12.8. The van der Waals surface area contributed by atoms with Crippen molar-refractivity contribution in [3.05, 3.63) is 64.8 Å². The lowest BCUT2D eigenvalue weighted by Gasteiger charge is -2.05. The molecule has 0 aliphatic heterocycles. The SMILES string of the molecule is Cc1ccc(OCc2csc3ccc(F)cc23)cc1. The highest BCUT2D eigenvalue weighted by Crippen LogP contribution is 2.27. The Morgan fingerprint density at radius 2 is 1.89 bits per heavy atom. The lowest BCUT2D eigenvalue weighted by Crippen LogP contribution is -1.94. The molecule has 0 aliphatic carbocycles. The van der Waals surface area contributed by atoms with Gasteiger partial charge >= 0.3 is 0 Å². The van der Waals surface area contributed by atoms with Gasteiger partial charge in [0.05, 0.1) is 0 Å². The third kappa shape index (κ3) is 2.61. The monoisotopic (exact) mass is 272 g/mol. The van der Waals surface area contributed by atoms with Crippen LogP contribution in [0.4, 0.5) is 4.39 Å². The molecule has 1 aromatic heterocycles. The predicted molar refractivity (Wildman–Crippen MR) is 77.3 cm³/mol. The smallest absolute Gasteiger partial charge is 0.123 e. The molecule has 0 saturated carbocycles. The van der Waals surface area contributed by atoms with E-state index >= 15 is 0 Å². The zero-order valence-electron chi connectivity index (χ0n) is 10.5. The largest absolute Gasteiger partial charge is 0.489 e. The van der Waals surface area contributed by atoms with Gasteiger partial charge in [0.25, 0.3) is 0 Å². The Balaban J connectivity index is 1.81. The molecular weight excluding hydrogens is 259 g/mol. The van der Waals surface area contributed by atoms with Crippen molar-refractivity contribution in [2.45, 2.75) is 13.5 Å². The van der Waals surface area contributed by atoms with E-state index in [1.807, 2.05) is 42.6 Å². The summed E-state index contributed by atoms with van der Waals surface area (Å²) in [7, 11) is 0. The van der Waals surface area contributed by atoms with Gasteiger partial charge in [0, 0.05) is 15.6 Å². The fraction of sp³-hybridized carbons (Fsp3) is 0.125. The molecule has 3 heteroatoms. The standard InChI is InChI=1S/C16H13FOS/c1-11-2-5-14(6-3-11)18-9-12-10-19-16-7-4-13(17)8-15(12)16/h2-8,10H,9H2,1H3. The molecule has 3 rings (SSSR count). The molecule has 0 spiro atoms. The van der Waals surface area contributed by atoms with Gasteiger partial charge < -0.3 is 4.74 Å². The molecule has 0 radical (unpaired) electrons. The molecule has 0 N–H and O–H groups in total. The Hall–Kier alpha value is -1.87. The third-order valence-electron chi connectivity index (χ3n) is 3.03. The highest BCUT2D eigenvalue weighted by molar-refractivity contribution is 7.17. The molecule has 0 unspecified atom stereocenters. The molecule has 0 aliphatic rings. The first-order valence-electron chi connectivity index (χ1n) is 6.07. The Morgan fingerprint density at radius 1 is 1.11 bits per heavy atom. The van der Waals surface area contributed by atoms with E-state index in [1.165, 1.54) is 11.6 Å². The number of rotatable bonds is 3. The minimum Gasteiger partial charge on any atom is -0.489 e. The maximum atomic E-state index is 13.3. The van der Waals surface area contributed by atoms with Crippen LogP contribution in [0.5, 0.6) is 5.75 Å². The molecule has 1 nitrogen and oxygen atoms in total. The summed E-state index contributed by atoms with van der Waals surface area (Å²) in [5, 5.41) is 2.97. The van der Waals surface area contributed by atoms with E-state index in [4.69, 9.17) is 4.74 Å². The summed E-state index contributed by atoms with van der Waals surface area (Å²) in [5.41, 5.74) is 2.23.